The van der Waals surface area contributed by atoms with Crippen molar-refractivity contribution in [3.8, 4) is 0 Å². The maximum Gasteiger partial charge on any atom is 0.0606 e. The van der Waals surface area contributed by atoms with E-state index in [1.807, 2.05) is 6.20 Å². The number of hydrogen-bond donors (Lipinski definition) is 2. The molecule has 0 spiro atoms. The number of pyridine rings is 1. The molecule has 1 aromatic rings. The summed E-state index contributed by atoms with van der Waals surface area (Å²) in [6, 6.07) is 4.55. The summed E-state index contributed by atoms with van der Waals surface area (Å²) in [6.07, 6.45) is 5.26. The van der Waals surface area contributed by atoms with E-state index in [0.29, 0.717) is 12.6 Å². The van der Waals surface area contributed by atoms with Gasteiger partial charge in [-0.25, -0.2) is 0 Å². The summed E-state index contributed by atoms with van der Waals surface area (Å²) in [5, 5.41) is 12.6. The molecule has 20 heavy (non-hydrogen) atoms. The van der Waals surface area contributed by atoms with Crippen LogP contribution in [0.5, 0.6) is 0 Å². The Balaban J connectivity index is 2.75. The Labute approximate surface area is 123 Å². The molecule has 0 aliphatic rings. The Morgan fingerprint density at radius 2 is 2.05 bits per heavy atom. The zero-order valence-electron chi connectivity index (χ0n) is 13.1. The summed E-state index contributed by atoms with van der Waals surface area (Å²) in [5.74, 6) is 0. The molecule has 0 fully saturated rings. The molecule has 0 radical (unpaired) electrons. The Morgan fingerprint density at radius 1 is 1.25 bits per heavy atom. The number of nitrogens with zero attached hydrogens (tertiary/aromatic N) is 2. The second-order valence-electron chi connectivity index (χ2n) is 5.02. The van der Waals surface area contributed by atoms with Crippen LogP contribution >= 0.6 is 0 Å². The van der Waals surface area contributed by atoms with Crippen LogP contribution in [0.1, 0.15) is 51.8 Å². The van der Waals surface area contributed by atoms with Gasteiger partial charge < -0.3 is 15.3 Å². The van der Waals surface area contributed by atoms with Crippen LogP contribution in [0.25, 0.3) is 0 Å². The molecule has 1 unspecified atom stereocenters. The second-order valence-corrected chi connectivity index (χ2v) is 5.02. The predicted molar refractivity (Wildman–Crippen MR) is 85.2 cm³/mol. The van der Waals surface area contributed by atoms with Gasteiger partial charge in [-0.05, 0) is 31.5 Å². The van der Waals surface area contributed by atoms with E-state index < -0.39 is 0 Å². The van der Waals surface area contributed by atoms with Gasteiger partial charge in [0.2, 0.25) is 0 Å². The molecule has 2 N–H and O–H groups in total. The number of hydrogen-bond acceptors (Lipinski definition) is 4. The number of rotatable bonds is 10. The Morgan fingerprint density at radius 3 is 2.55 bits per heavy atom. The molecular weight excluding hydrogens is 250 g/mol. The number of unbranched alkanes of at least 4 members (excludes halogenated alkanes) is 1. The fraction of sp³-hybridized carbons (Fsp3) is 0.688. The van der Waals surface area contributed by atoms with Crippen LogP contribution in [0.4, 0.5) is 5.69 Å². The van der Waals surface area contributed by atoms with Crippen molar-refractivity contribution < 1.29 is 5.11 Å². The Kier molecular flexibility index (Phi) is 8.23. The van der Waals surface area contributed by atoms with Gasteiger partial charge in [-0.15, -0.1) is 0 Å². The molecule has 1 rings (SSSR count). The Bertz CT molecular complexity index is 353. The van der Waals surface area contributed by atoms with Crippen molar-refractivity contribution in [1.29, 1.82) is 0 Å². The lowest BCUT2D eigenvalue weighted by Crippen LogP contribution is -2.28. The van der Waals surface area contributed by atoms with Gasteiger partial charge >= 0.3 is 0 Å². The minimum absolute atomic E-state index is 0.181. The van der Waals surface area contributed by atoms with Crippen molar-refractivity contribution in [2.45, 2.75) is 46.1 Å². The van der Waals surface area contributed by atoms with Gasteiger partial charge in [0, 0.05) is 19.1 Å². The van der Waals surface area contributed by atoms with Gasteiger partial charge in [-0.2, -0.15) is 0 Å². The SMILES string of the molecule is CCCCN(CCO)c1ccc(C(CC)NCC)nc1. The summed E-state index contributed by atoms with van der Waals surface area (Å²) in [7, 11) is 0. The average molecular weight is 279 g/mol. The van der Waals surface area contributed by atoms with Crippen molar-refractivity contribution >= 4 is 5.69 Å². The molecule has 0 saturated heterocycles. The van der Waals surface area contributed by atoms with Crippen LogP contribution in [0.3, 0.4) is 0 Å². The zero-order valence-corrected chi connectivity index (χ0v) is 13.1. The fourth-order valence-corrected chi connectivity index (χ4v) is 2.33. The van der Waals surface area contributed by atoms with Crippen molar-refractivity contribution in [2.24, 2.45) is 0 Å². The van der Waals surface area contributed by atoms with Crippen LogP contribution in [0.15, 0.2) is 18.3 Å². The molecule has 0 saturated carbocycles. The maximum atomic E-state index is 9.18. The maximum absolute atomic E-state index is 9.18. The van der Waals surface area contributed by atoms with E-state index in [9.17, 15) is 5.11 Å². The zero-order chi connectivity index (χ0) is 14.8. The first-order chi connectivity index (χ1) is 9.76. The van der Waals surface area contributed by atoms with Gasteiger partial charge in [0.1, 0.15) is 0 Å². The van der Waals surface area contributed by atoms with E-state index in [1.54, 1.807) is 0 Å². The largest absolute Gasteiger partial charge is 0.395 e. The summed E-state index contributed by atoms with van der Waals surface area (Å²) in [5.41, 5.74) is 2.19. The standard InChI is InChI=1S/C16H29N3O/c1-4-7-10-19(11-12-20)14-8-9-16(18-13-14)15(5-2)17-6-3/h8-9,13,15,17,20H,4-7,10-12H2,1-3H3. The van der Waals surface area contributed by atoms with E-state index in [1.165, 1.54) is 0 Å². The molecule has 1 aromatic heterocycles. The molecular formula is C16H29N3O. The van der Waals surface area contributed by atoms with E-state index in [2.05, 4.69) is 48.1 Å². The molecule has 0 aromatic carbocycles. The van der Waals surface area contributed by atoms with Crippen LogP contribution in [-0.4, -0.2) is 36.3 Å². The third-order valence-corrected chi connectivity index (χ3v) is 3.50. The second kappa shape index (κ2) is 9.72. The molecule has 0 aliphatic heterocycles. The van der Waals surface area contributed by atoms with Crippen molar-refractivity contribution in [2.75, 3.05) is 31.1 Å². The first kappa shape index (κ1) is 16.9. The van der Waals surface area contributed by atoms with Gasteiger partial charge in [0.05, 0.1) is 24.2 Å². The molecule has 0 bridgehead atoms. The third-order valence-electron chi connectivity index (χ3n) is 3.50. The fourth-order valence-electron chi connectivity index (χ4n) is 2.33. The molecule has 0 amide bonds. The molecule has 4 nitrogen and oxygen atoms in total. The first-order valence-electron chi connectivity index (χ1n) is 7.81. The van der Waals surface area contributed by atoms with E-state index in [-0.39, 0.29) is 6.61 Å². The summed E-state index contributed by atoms with van der Waals surface area (Å²) in [6.45, 7) is 9.25. The van der Waals surface area contributed by atoms with Crippen LogP contribution in [0, 0.1) is 0 Å². The third kappa shape index (κ3) is 5.10. The highest BCUT2D eigenvalue weighted by Gasteiger charge is 2.11. The molecule has 114 valence electrons. The van der Waals surface area contributed by atoms with Crippen molar-refractivity contribution in [1.82, 2.24) is 10.3 Å². The van der Waals surface area contributed by atoms with Crippen LogP contribution < -0.4 is 10.2 Å². The number of aromatic nitrogens is 1. The van der Waals surface area contributed by atoms with Crippen molar-refractivity contribution in [3.05, 3.63) is 24.0 Å². The lowest BCUT2D eigenvalue weighted by atomic mass is 10.1. The van der Waals surface area contributed by atoms with Gasteiger partial charge in [-0.1, -0.05) is 27.2 Å². The van der Waals surface area contributed by atoms with Gasteiger partial charge in [0.25, 0.3) is 0 Å². The summed E-state index contributed by atoms with van der Waals surface area (Å²) < 4.78 is 0. The predicted octanol–water partition coefficient (Wildman–Crippen LogP) is 2.74. The van der Waals surface area contributed by atoms with Crippen LogP contribution in [0.2, 0.25) is 0 Å². The Hall–Kier alpha value is -1.13. The van der Waals surface area contributed by atoms with Crippen LogP contribution in [-0.2, 0) is 0 Å². The first-order valence-corrected chi connectivity index (χ1v) is 7.81. The minimum Gasteiger partial charge on any atom is -0.395 e. The van der Waals surface area contributed by atoms with Crippen molar-refractivity contribution in [3.63, 3.8) is 0 Å². The van der Waals surface area contributed by atoms with E-state index in [4.69, 9.17) is 0 Å². The average Bonchev–Trinajstić information content (AvgIpc) is 2.49. The monoisotopic (exact) mass is 279 g/mol. The molecule has 0 aliphatic carbocycles. The van der Waals surface area contributed by atoms with E-state index in [0.717, 1.165) is 43.7 Å². The quantitative estimate of drug-likeness (QED) is 0.691. The molecule has 1 atom stereocenters. The van der Waals surface area contributed by atoms with Gasteiger partial charge in [-0.3, -0.25) is 4.98 Å². The number of aliphatic hydroxyl groups is 1. The summed E-state index contributed by atoms with van der Waals surface area (Å²) >= 11 is 0. The topological polar surface area (TPSA) is 48.4 Å². The lowest BCUT2D eigenvalue weighted by Gasteiger charge is -2.24. The smallest absolute Gasteiger partial charge is 0.0606 e. The normalized spacial score (nSPS) is 12.4. The van der Waals surface area contributed by atoms with E-state index >= 15 is 0 Å². The number of anilines is 1. The highest BCUT2D eigenvalue weighted by Crippen LogP contribution is 2.19. The van der Waals surface area contributed by atoms with Gasteiger partial charge in [0.15, 0.2) is 0 Å². The summed E-state index contributed by atoms with van der Waals surface area (Å²) in [4.78, 5) is 6.80. The highest BCUT2D eigenvalue weighted by molar-refractivity contribution is 5.44. The molecule has 4 heteroatoms. The minimum atomic E-state index is 0.181. The number of aliphatic hydroxyl groups excluding tert-OH is 1. The lowest BCUT2D eigenvalue weighted by molar-refractivity contribution is 0.301. The highest BCUT2D eigenvalue weighted by atomic mass is 16.3. The number of nitrogens with one attached hydrogen (secondary N) is 1. The molecule has 1 heterocycles.